The minimum Gasteiger partial charge on any atom is -0.395 e. The van der Waals surface area contributed by atoms with Gasteiger partial charge in [0.2, 0.25) is 10.0 Å². The van der Waals surface area contributed by atoms with Crippen molar-refractivity contribution in [1.29, 1.82) is 0 Å². The van der Waals surface area contributed by atoms with Gasteiger partial charge in [0.05, 0.1) is 23.7 Å². The number of hydrogen-bond acceptors (Lipinski definition) is 5. The van der Waals surface area contributed by atoms with Crippen molar-refractivity contribution in [3.05, 3.63) is 42.0 Å². The van der Waals surface area contributed by atoms with Gasteiger partial charge in [0.25, 0.3) is 0 Å². The van der Waals surface area contributed by atoms with Crippen LogP contribution in [0.5, 0.6) is 0 Å². The summed E-state index contributed by atoms with van der Waals surface area (Å²) in [5, 5.41) is 8.99. The number of sulfonamides is 1. The van der Waals surface area contributed by atoms with E-state index in [0.29, 0.717) is 32.2 Å². The molecule has 0 amide bonds. The van der Waals surface area contributed by atoms with E-state index in [9.17, 15) is 21.6 Å². The second-order valence-electron chi connectivity index (χ2n) is 8.82. The van der Waals surface area contributed by atoms with Crippen molar-refractivity contribution < 1.29 is 31.4 Å². The van der Waals surface area contributed by atoms with Crippen LogP contribution in [-0.4, -0.2) is 75.8 Å². The van der Waals surface area contributed by atoms with Crippen molar-refractivity contribution in [2.45, 2.75) is 43.7 Å². The predicted octanol–water partition coefficient (Wildman–Crippen LogP) is 4.02. The van der Waals surface area contributed by atoms with Crippen LogP contribution in [0.2, 0.25) is 0 Å². The van der Waals surface area contributed by atoms with E-state index in [-0.39, 0.29) is 17.4 Å². The summed E-state index contributed by atoms with van der Waals surface area (Å²) >= 11 is 0. The first-order chi connectivity index (χ1) is 16.1. The molecule has 6 nitrogen and oxygen atoms in total. The smallest absolute Gasteiger partial charge is 0.395 e. The molecular weight excluding hydrogens is 469 g/mol. The standard InChI is InChI=1S/C24H37F3N2O4S/c1-3-29(15-16-30)14-4-5-17-33-19-21-8-6-20(7-9-21)18-28(2)34(31,32)23-12-10-22(11-13-23)24(25,26)27/h4-5,10-13,20-21,30H,3,6-9,14-19H2,1-2H3/t20-,21-. The van der Waals surface area contributed by atoms with Crippen molar-refractivity contribution >= 4 is 10.0 Å². The van der Waals surface area contributed by atoms with Crippen LogP contribution >= 0.6 is 0 Å². The molecule has 34 heavy (non-hydrogen) atoms. The molecule has 0 spiro atoms. The fourth-order valence-electron chi connectivity index (χ4n) is 4.15. The second-order valence-corrected chi connectivity index (χ2v) is 10.9. The molecule has 0 radical (unpaired) electrons. The maximum absolute atomic E-state index is 12.8. The number of hydrogen-bond donors (Lipinski definition) is 1. The van der Waals surface area contributed by atoms with Gasteiger partial charge in [-0.2, -0.15) is 13.2 Å². The Labute approximate surface area is 201 Å². The highest BCUT2D eigenvalue weighted by Gasteiger charge is 2.32. The Balaban J connectivity index is 1.72. The molecule has 0 atom stereocenters. The van der Waals surface area contributed by atoms with Gasteiger partial charge >= 0.3 is 6.18 Å². The lowest BCUT2D eigenvalue weighted by Gasteiger charge is -2.30. The zero-order valence-electron chi connectivity index (χ0n) is 20.0. The van der Waals surface area contributed by atoms with E-state index >= 15 is 0 Å². The van der Waals surface area contributed by atoms with Gasteiger partial charge in [-0.25, -0.2) is 12.7 Å². The molecule has 2 rings (SSSR count). The number of aliphatic hydroxyl groups excluding tert-OH is 1. The first-order valence-corrected chi connectivity index (χ1v) is 13.2. The van der Waals surface area contributed by atoms with Crippen molar-refractivity contribution in [3.8, 4) is 0 Å². The highest BCUT2D eigenvalue weighted by molar-refractivity contribution is 7.89. The number of likely N-dealkylation sites (N-methyl/N-ethyl adjacent to an activating group) is 1. The summed E-state index contributed by atoms with van der Waals surface area (Å²) < 4.78 is 70.7. The summed E-state index contributed by atoms with van der Waals surface area (Å²) in [6.45, 7) is 6.10. The molecule has 194 valence electrons. The molecule has 0 unspecified atom stereocenters. The van der Waals surface area contributed by atoms with Gasteiger partial charge in [-0.15, -0.1) is 0 Å². The molecule has 0 aromatic heterocycles. The maximum atomic E-state index is 12.8. The molecule has 1 fully saturated rings. The van der Waals surface area contributed by atoms with Crippen LogP contribution < -0.4 is 0 Å². The molecule has 1 aliphatic carbocycles. The molecular formula is C24H37F3N2O4S. The lowest BCUT2D eigenvalue weighted by Crippen LogP contribution is -2.34. The Morgan fingerprint density at radius 2 is 1.71 bits per heavy atom. The molecule has 0 aliphatic heterocycles. The lowest BCUT2D eigenvalue weighted by atomic mass is 9.82. The Morgan fingerprint density at radius 3 is 2.26 bits per heavy atom. The van der Waals surface area contributed by atoms with Crippen LogP contribution in [0, 0.1) is 11.8 Å². The minimum atomic E-state index is -4.50. The van der Waals surface area contributed by atoms with Gasteiger partial charge in [0.15, 0.2) is 0 Å². The third kappa shape index (κ3) is 8.96. The minimum absolute atomic E-state index is 0.128. The zero-order chi connectivity index (χ0) is 25.2. The molecule has 1 aliphatic rings. The highest BCUT2D eigenvalue weighted by Crippen LogP contribution is 2.32. The number of rotatable bonds is 13. The number of benzene rings is 1. The predicted molar refractivity (Wildman–Crippen MR) is 126 cm³/mol. The van der Waals surface area contributed by atoms with Gasteiger partial charge in [0, 0.05) is 33.3 Å². The number of alkyl halides is 3. The molecule has 1 N–H and O–H groups in total. The molecule has 0 heterocycles. The summed E-state index contributed by atoms with van der Waals surface area (Å²) in [6.07, 6.45) is 3.25. The van der Waals surface area contributed by atoms with E-state index in [2.05, 4.69) is 11.8 Å². The fourth-order valence-corrected chi connectivity index (χ4v) is 5.40. The Morgan fingerprint density at radius 1 is 1.09 bits per heavy atom. The number of ether oxygens (including phenoxy) is 1. The molecule has 0 bridgehead atoms. The van der Waals surface area contributed by atoms with Gasteiger partial charge in [-0.1, -0.05) is 19.1 Å². The highest BCUT2D eigenvalue weighted by atomic mass is 32.2. The second kappa shape index (κ2) is 13.6. The average molecular weight is 507 g/mol. The van der Waals surface area contributed by atoms with Crippen LogP contribution in [-0.2, 0) is 20.9 Å². The monoisotopic (exact) mass is 506 g/mol. The van der Waals surface area contributed by atoms with Crippen molar-refractivity contribution in [2.24, 2.45) is 11.8 Å². The largest absolute Gasteiger partial charge is 0.416 e. The average Bonchev–Trinajstić information content (AvgIpc) is 2.81. The normalized spacial score (nSPS) is 20.0. The summed E-state index contributed by atoms with van der Waals surface area (Å²) in [6, 6.07) is 3.64. The van der Waals surface area contributed by atoms with Crippen molar-refractivity contribution in [1.82, 2.24) is 9.21 Å². The van der Waals surface area contributed by atoms with Crippen molar-refractivity contribution in [3.63, 3.8) is 0 Å². The fraction of sp³-hybridized carbons (Fsp3) is 0.667. The Bertz CT molecular complexity index is 852. The van der Waals surface area contributed by atoms with Gasteiger partial charge in [-0.05, 0) is 68.3 Å². The van der Waals surface area contributed by atoms with Crippen LogP contribution in [0.3, 0.4) is 0 Å². The van der Waals surface area contributed by atoms with E-state index in [1.165, 1.54) is 11.4 Å². The topological polar surface area (TPSA) is 70.1 Å². The summed E-state index contributed by atoms with van der Waals surface area (Å²) in [7, 11) is -2.35. The van der Waals surface area contributed by atoms with Crippen molar-refractivity contribution in [2.75, 3.05) is 53.0 Å². The van der Waals surface area contributed by atoms with E-state index in [1.807, 2.05) is 12.2 Å². The third-order valence-electron chi connectivity index (χ3n) is 6.33. The zero-order valence-corrected chi connectivity index (χ0v) is 20.8. The number of nitrogens with zero attached hydrogens (tertiary/aromatic N) is 2. The summed E-state index contributed by atoms with van der Waals surface area (Å²) in [5.41, 5.74) is -0.866. The van der Waals surface area contributed by atoms with Gasteiger partial charge in [0.1, 0.15) is 0 Å². The number of aliphatic hydroxyl groups is 1. The van der Waals surface area contributed by atoms with Gasteiger partial charge < -0.3 is 9.84 Å². The van der Waals surface area contributed by atoms with Gasteiger partial charge in [-0.3, -0.25) is 4.90 Å². The summed E-state index contributed by atoms with van der Waals surface area (Å²) in [4.78, 5) is 2.00. The Kier molecular flexibility index (Phi) is 11.5. The van der Waals surface area contributed by atoms with Crippen LogP contribution in [0.25, 0.3) is 0 Å². The van der Waals surface area contributed by atoms with E-state index in [4.69, 9.17) is 9.84 Å². The van der Waals surface area contributed by atoms with Crippen LogP contribution in [0.1, 0.15) is 38.2 Å². The molecule has 10 heteroatoms. The molecule has 1 aromatic rings. The lowest BCUT2D eigenvalue weighted by molar-refractivity contribution is -0.137. The van der Waals surface area contributed by atoms with Crippen LogP contribution in [0.4, 0.5) is 13.2 Å². The van der Waals surface area contributed by atoms with E-state index < -0.39 is 21.8 Å². The summed E-state index contributed by atoms with van der Waals surface area (Å²) in [5.74, 6) is 0.667. The maximum Gasteiger partial charge on any atom is 0.416 e. The van der Waals surface area contributed by atoms with E-state index in [1.54, 1.807) is 0 Å². The molecule has 1 aromatic carbocycles. The first kappa shape index (κ1) is 28.8. The SMILES string of the molecule is CCN(CC=CCOC[C@H]1CC[C@H](CN(C)S(=O)(=O)c2ccc(C(F)(F)F)cc2)CC1)CCO. The third-order valence-corrected chi connectivity index (χ3v) is 8.17. The number of halogens is 3. The van der Waals surface area contributed by atoms with E-state index in [0.717, 1.165) is 63.0 Å². The molecule has 1 saturated carbocycles. The van der Waals surface area contributed by atoms with Crippen LogP contribution in [0.15, 0.2) is 41.3 Å². The first-order valence-electron chi connectivity index (χ1n) is 11.8. The molecule has 0 saturated heterocycles. The Hall–Kier alpha value is -1.46. The quantitative estimate of drug-likeness (QED) is 0.323.